The van der Waals surface area contributed by atoms with Gasteiger partial charge in [0.1, 0.15) is 0 Å². The first-order chi connectivity index (χ1) is 9.61. The van der Waals surface area contributed by atoms with Crippen molar-refractivity contribution in [3.63, 3.8) is 0 Å². The molecular weight excluding hydrogens is 248 g/mol. The van der Waals surface area contributed by atoms with Crippen LogP contribution in [-0.2, 0) is 4.74 Å². The third-order valence-electron chi connectivity index (χ3n) is 5.43. The van der Waals surface area contributed by atoms with Gasteiger partial charge in [0.25, 0.3) is 0 Å². The fraction of sp³-hybridized carbons (Fsp3) is 1.00. The van der Waals surface area contributed by atoms with E-state index in [1.807, 2.05) is 7.11 Å². The van der Waals surface area contributed by atoms with E-state index in [-0.39, 0.29) is 5.54 Å². The number of hydrogen-bond acceptors (Lipinski definition) is 3. The maximum atomic E-state index is 6.30. The van der Waals surface area contributed by atoms with Gasteiger partial charge in [0, 0.05) is 31.8 Å². The fourth-order valence-electron chi connectivity index (χ4n) is 4.39. The molecule has 0 aliphatic heterocycles. The first kappa shape index (κ1) is 16.3. The molecule has 2 unspecified atom stereocenters. The number of methoxy groups -OCH3 is 1. The van der Waals surface area contributed by atoms with Gasteiger partial charge < -0.3 is 10.5 Å². The molecule has 0 aromatic rings. The number of ether oxygens (including phenoxy) is 1. The molecule has 0 spiro atoms. The van der Waals surface area contributed by atoms with Crippen LogP contribution in [0.25, 0.3) is 0 Å². The van der Waals surface area contributed by atoms with E-state index in [2.05, 4.69) is 18.7 Å². The quantitative estimate of drug-likeness (QED) is 0.813. The third kappa shape index (κ3) is 3.55. The second kappa shape index (κ2) is 7.24. The SMILES string of the molecule is COC1CCCC(CN)(N(CC(C)C)C2CCCC2)C1. The van der Waals surface area contributed by atoms with Crippen molar-refractivity contribution in [2.45, 2.75) is 82.9 Å². The minimum Gasteiger partial charge on any atom is -0.381 e. The van der Waals surface area contributed by atoms with Gasteiger partial charge in [-0.15, -0.1) is 0 Å². The molecule has 0 bridgehead atoms. The van der Waals surface area contributed by atoms with E-state index in [9.17, 15) is 0 Å². The van der Waals surface area contributed by atoms with E-state index >= 15 is 0 Å². The van der Waals surface area contributed by atoms with Crippen LogP contribution in [0.5, 0.6) is 0 Å². The maximum absolute atomic E-state index is 6.30. The molecule has 0 saturated heterocycles. The standard InChI is InChI=1S/C17H34N2O/c1-14(2)12-19(15-7-4-5-8-15)17(13-18)10-6-9-16(11-17)20-3/h14-16H,4-13,18H2,1-3H3. The van der Waals surface area contributed by atoms with Gasteiger partial charge in [-0.2, -0.15) is 0 Å². The Balaban J connectivity index is 2.17. The minimum absolute atomic E-state index is 0.193. The number of nitrogens with zero attached hydrogens (tertiary/aromatic N) is 1. The summed E-state index contributed by atoms with van der Waals surface area (Å²) in [6.45, 7) is 6.65. The van der Waals surface area contributed by atoms with Gasteiger partial charge in [0.05, 0.1) is 6.10 Å². The van der Waals surface area contributed by atoms with Crippen molar-refractivity contribution in [1.82, 2.24) is 4.90 Å². The van der Waals surface area contributed by atoms with E-state index in [0.29, 0.717) is 12.0 Å². The number of nitrogens with two attached hydrogens (primary N) is 1. The Hall–Kier alpha value is -0.120. The van der Waals surface area contributed by atoms with Crippen molar-refractivity contribution in [2.75, 3.05) is 20.2 Å². The van der Waals surface area contributed by atoms with Gasteiger partial charge in [0.15, 0.2) is 0 Å². The van der Waals surface area contributed by atoms with E-state index in [0.717, 1.165) is 19.0 Å². The summed E-state index contributed by atoms with van der Waals surface area (Å²) in [5, 5.41) is 0. The van der Waals surface area contributed by atoms with Crippen LogP contribution in [0, 0.1) is 5.92 Å². The Morgan fingerprint density at radius 3 is 2.45 bits per heavy atom. The Bertz CT molecular complexity index is 289. The van der Waals surface area contributed by atoms with E-state index in [1.165, 1.54) is 51.5 Å². The largest absolute Gasteiger partial charge is 0.381 e. The summed E-state index contributed by atoms with van der Waals surface area (Å²) in [6.07, 6.45) is 10.8. The molecule has 2 rings (SSSR count). The number of rotatable bonds is 6. The van der Waals surface area contributed by atoms with E-state index < -0.39 is 0 Å². The molecule has 20 heavy (non-hydrogen) atoms. The topological polar surface area (TPSA) is 38.5 Å². The average molecular weight is 282 g/mol. The predicted molar refractivity (Wildman–Crippen MR) is 84.9 cm³/mol. The molecule has 0 aromatic carbocycles. The second-order valence-corrected chi connectivity index (χ2v) is 7.37. The summed E-state index contributed by atoms with van der Waals surface area (Å²) in [5.41, 5.74) is 6.49. The minimum atomic E-state index is 0.193. The highest BCUT2D eigenvalue weighted by Gasteiger charge is 2.43. The van der Waals surface area contributed by atoms with Crippen LogP contribution < -0.4 is 5.73 Å². The van der Waals surface area contributed by atoms with Crippen LogP contribution in [0.2, 0.25) is 0 Å². The molecule has 2 aliphatic rings. The smallest absolute Gasteiger partial charge is 0.0589 e. The number of hydrogen-bond donors (Lipinski definition) is 1. The lowest BCUT2D eigenvalue weighted by molar-refractivity contribution is -0.0443. The fourth-order valence-corrected chi connectivity index (χ4v) is 4.39. The van der Waals surface area contributed by atoms with Gasteiger partial charge in [-0.05, 0) is 44.4 Å². The van der Waals surface area contributed by atoms with Crippen LogP contribution in [0.3, 0.4) is 0 Å². The summed E-state index contributed by atoms with van der Waals surface area (Å²) >= 11 is 0. The van der Waals surface area contributed by atoms with Crippen molar-refractivity contribution < 1.29 is 4.74 Å². The molecule has 3 heteroatoms. The highest BCUT2D eigenvalue weighted by Crippen LogP contribution is 2.39. The monoisotopic (exact) mass is 282 g/mol. The molecule has 0 amide bonds. The van der Waals surface area contributed by atoms with Crippen LogP contribution in [0.1, 0.15) is 65.2 Å². The van der Waals surface area contributed by atoms with E-state index in [1.54, 1.807) is 0 Å². The molecule has 0 heterocycles. The first-order valence-electron chi connectivity index (χ1n) is 8.61. The maximum Gasteiger partial charge on any atom is 0.0589 e. The van der Waals surface area contributed by atoms with Gasteiger partial charge in [0.2, 0.25) is 0 Å². The second-order valence-electron chi connectivity index (χ2n) is 7.37. The molecule has 2 saturated carbocycles. The molecule has 2 atom stereocenters. The van der Waals surface area contributed by atoms with Gasteiger partial charge in [-0.25, -0.2) is 0 Å². The highest BCUT2D eigenvalue weighted by molar-refractivity contribution is 5.00. The van der Waals surface area contributed by atoms with Crippen molar-refractivity contribution in [3.05, 3.63) is 0 Å². The van der Waals surface area contributed by atoms with Gasteiger partial charge >= 0.3 is 0 Å². The lowest BCUT2D eigenvalue weighted by Crippen LogP contribution is -2.61. The first-order valence-corrected chi connectivity index (χ1v) is 8.61. The molecule has 2 fully saturated rings. The predicted octanol–water partition coefficient (Wildman–Crippen LogP) is 3.17. The zero-order chi connectivity index (χ0) is 14.6. The molecule has 2 aliphatic carbocycles. The van der Waals surface area contributed by atoms with Gasteiger partial charge in [-0.3, -0.25) is 4.90 Å². The third-order valence-corrected chi connectivity index (χ3v) is 5.43. The van der Waals surface area contributed by atoms with Crippen LogP contribution >= 0.6 is 0 Å². The van der Waals surface area contributed by atoms with Gasteiger partial charge in [-0.1, -0.05) is 26.7 Å². The Kier molecular flexibility index (Phi) is 5.88. The summed E-state index contributed by atoms with van der Waals surface area (Å²) in [6, 6.07) is 0.761. The molecule has 0 aromatic heterocycles. The van der Waals surface area contributed by atoms with Crippen molar-refractivity contribution >= 4 is 0 Å². The Morgan fingerprint density at radius 1 is 1.20 bits per heavy atom. The summed E-state index contributed by atoms with van der Waals surface area (Å²) in [7, 11) is 1.86. The molecular formula is C17H34N2O. The molecule has 2 N–H and O–H groups in total. The summed E-state index contributed by atoms with van der Waals surface area (Å²) < 4.78 is 5.68. The van der Waals surface area contributed by atoms with Crippen LogP contribution in [0.15, 0.2) is 0 Å². The van der Waals surface area contributed by atoms with Crippen LogP contribution in [0.4, 0.5) is 0 Å². The zero-order valence-corrected chi connectivity index (χ0v) is 13.7. The summed E-state index contributed by atoms with van der Waals surface area (Å²) in [4.78, 5) is 2.80. The molecule has 0 radical (unpaired) electrons. The Morgan fingerprint density at radius 2 is 1.90 bits per heavy atom. The Labute approximate surface area is 125 Å². The molecule has 118 valence electrons. The average Bonchev–Trinajstić information content (AvgIpc) is 2.98. The van der Waals surface area contributed by atoms with E-state index in [4.69, 9.17) is 10.5 Å². The molecule has 3 nitrogen and oxygen atoms in total. The normalized spacial score (nSPS) is 32.4. The van der Waals surface area contributed by atoms with Crippen molar-refractivity contribution in [1.29, 1.82) is 0 Å². The van der Waals surface area contributed by atoms with Crippen molar-refractivity contribution in [3.8, 4) is 0 Å². The van der Waals surface area contributed by atoms with Crippen LogP contribution in [-0.4, -0.2) is 42.8 Å². The highest BCUT2D eigenvalue weighted by atomic mass is 16.5. The summed E-state index contributed by atoms with van der Waals surface area (Å²) in [5.74, 6) is 0.710. The lowest BCUT2D eigenvalue weighted by Gasteiger charge is -2.51. The zero-order valence-electron chi connectivity index (χ0n) is 13.7. The van der Waals surface area contributed by atoms with Crippen molar-refractivity contribution in [2.24, 2.45) is 11.7 Å². The lowest BCUT2D eigenvalue weighted by atomic mass is 9.77.